The Morgan fingerprint density at radius 3 is 2.50 bits per heavy atom. The number of aromatic amines is 1. The van der Waals surface area contributed by atoms with Crippen molar-refractivity contribution in [3.63, 3.8) is 0 Å². The molecule has 0 saturated heterocycles. The van der Waals surface area contributed by atoms with E-state index in [4.69, 9.17) is 4.42 Å². The van der Waals surface area contributed by atoms with Crippen molar-refractivity contribution < 1.29 is 9.21 Å². The van der Waals surface area contributed by atoms with Gasteiger partial charge in [0.2, 0.25) is 0 Å². The van der Waals surface area contributed by atoms with Gasteiger partial charge in [0.05, 0.1) is 0 Å². The maximum Gasteiger partial charge on any atom is 0.336 e. The number of hydrogen-bond donors (Lipinski definition) is 1. The summed E-state index contributed by atoms with van der Waals surface area (Å²) in [4.78, 5) is 27.7. The van der Waals surface area contributed by atoms with E-state index in [1.807, 2.05) is 30.3 Å². The fourth-order valence-corrected chi connectivity index (χ4v) is 2.70. The molecule has 0 amide bonds. The Balaban J connectivity index is 1.99. The Morgan fingerprint density at radius 1 is 0.909 bits per heavy atom. The molecular weight excluding hydrogens is 278 g/mol. The number of para-hydroxylation sites is 2. The van der Waals surface area contributed by atoms with E-state index in [2.05, 4.69) is 4.98 Å². The summed E-state index contributed by atoms with van der Waals surface area (Å²) in [7, 11) is 0. The number of benzene rings is 2. The molecular formula is C18H11NO3. The van der Waals surface area contributed by atoms with E-state index in [1.165, 1.54) is 6.07 Å². The zero-order chi connectivity index (χ0) is 15.1. The molecule has 0 saturated carbocycles. The van der Waals surface area contributed by atoms with Crippen molar-refractivity contribution in [2.75, 3.05) is 0 Å². The van der Waals surface area contributed by atoms with Crippen LogP contribution in [0, 0.1) is 0 Å². The maximum atomic E-state index is 12.9. The largest absolute Gasteiger partial charge is 0.423 e. The fourth-order valence-electron chi connectivity index (χ4n) is 2.70. The molecule has 0 unspecified atom stereocenters. The third-order valence-corrected chi connectivity index (χ3v) is 3.73. The van der Waals surface area contributed by atoms with Gasteiger partial charge in [-0.1, -0.05) is 36.4 Å². The highest BCUT2D eigenvalue weighted by atomic mass is 16.4. The van der Waals surface area contributed by atoms with Crippen LogP contribution >= 0.6 is 0 Å². The molecule has 4 rings (SSSR count). The molecule has 0 spiro atoms. The molecule has 4 nitrogen and oxygen atoms in total. The SMILES string of the molecule is O=C(c1c[nH]c2ccccc12)c1cc(=O)oc2ccccc12. The van der Waals surface area contributed by atoms with Crippen LogP contribution < -0.4 is 5.63 Å². The van der Waals surface area contributed by atoms with Crippen LogP contribution in [0.5, 0.6) is 0 Å². The summed E-state index contributed by atoms with van der Waals surface area (Å²) in [5.41, 5.74) is 1.68. The second-order valence-electron chi connectivity index (χ2n) is 5.05. The quantitative estimate of drug-likeness (QED) is 0.454. The molecule has 0 radical (unpaired) electrons. The molecule has 0 aliphatic carbocycles. The minimum absolute atomic E-state index is 0.193. The number of carbonyl (C=O) groups is 1. The van der Waals surface area contributed by atoms with E-state index >= 15 is 0 Å². The van der Waals surface area contributed by atoms with Gasteiger partial charge in [-0.25, -0.2) is 4.79 Å². The van der Waals surface area contributed by atoms with E-state index in [9.17, 15) is 9.59 Å². The lowest BCUT2D eigenvalue weighted by Crippen LogP contribution is -2.07. The van der Waals surface area contributed by atoms with Crippen LogP contribution in [0.1, 0.15) is 15.9 Å². The van der Waals surface area contributed by atoms with Crippen molar-refractivity contribution in [2.45, 2.75) is 0 Å². The first kappa shape index (κ1) is 12.6. The van der Waals surface area contributed by atoms with Crippen molar-refractivity contribution in [2.24, 2.45) is 0 Å². The fraction of sp³-hybridized carbons (Fsp3) is 0. The predicted octanol–water partition coefficient (Wildman–Crippen LogP) is 3.51. The van der Waals surface area contributed by atoms with Crippen LogP contribution in [-0.2, 0) is 0 Å². The lowest BCUT2D eigenvalue weighted by molar-refractivity contribution is 0.104. The van der Waals surface area contributed by atoms with E-state index in [-0.39, 0.29) is 5.78 Å². The topological polar surface area (TPSA) is 63.1 Å². The van der Waals surface area contributed by atoms with E-state index in [0.717, 1.165) is 10.9 Å². The molecule has 0 atom stereocenters. The first-order valence-electron chi connectivity index (χ1n) is 6.88. The summed E-state index contributed by atoms with van der Waals surface area (Å²) in [5.74, 6) is -0.193. The lowest BCUT2D eigenvalue weighted by Gasteiger charge is -2.03. The van der Waals surface area contributed by atoms with Crippen LogP contribution in [-0.4, -0.2) is 10.8 Å². The predicted molar refractivity (Wildman–Crippen MR) is 84.2 cm³/mol. The second kappa shape index (κ2) is 4.70. The highest BCUT2D eigenvalue weighted by molar-refractivity contribution is 6.20. The van der Waals surface area contributed by atoms with E-state index in [1.54, 1.807) is 24.4 Å². The van der Waals surface area contributed by atoms with Gasteiger partial charge < -0.3 is 9.40 Å². The molecule has 4 heteroatoms. The Labute approximate surface area is 125 Å². The number of fused-ring (bicyclic) bond motifs is 2. The molecule has 2 aromatic carbocycles. The number of H-pyrrole nitrogens is 1. The van der Waals surface area contributed by atoms with Crippen molar-refractivity contribution in [1.82, 2.24) is 4.98 Å². The zero-order valence-electron chi connectivity index (χ0n) is 11.5. The molecule has 2 heterocycles. The average Bonchev–Trinajstić information content (AvgIpc) is 2.97. The maximum absolute atomic E-state index is 12.9. The van der Waals surface area contributed by atoms with Crippen LogP contribution in [0.25, 0.3) is 21.9 Å². The third-order valence-electron chi connectivity index (χ3n) is 3.73. The first-order chi connectivity index (χ1) is 10.7. The van der Waals surface area contributed by atoms with Crippen LogP contribution in [0.2, 0.25) is 0 Å². The van der Waals surface area contributed by atoms with Gasteiger partial charge in [0.1, 0.15) is 5.58 Å². The van der Waals surface area contributed by atoms with Gasteiger partial charge in [-0.15, -0.1) is 0 Å². The zero-order valence-corrected chi connectivity index (χ0v) is 11.5. The molecule has 0 aliphatic rings. The Morgan fingerprint density at radius 2 is 1.64 bits per heavy atom. The first-order valence-corrected chi connectivity index (χ1v) is 6.88. The summed E-state index contributed by atoms with van der Waals surface area (Å²) in [6.45, 7) is 0. The highest BCUT2D eigenvalue weighted by Crippen LogP contribution is 2.24. The van der Waals surface area contributed by atoms with Gasteiger partial charge in [0.15, 0.2) is 5.78 Å². The minimum atomic E-state index is -0.526. The minimum Gasteiger partial charge on any atom is -0.423 e. The number of nitrogens with one attached hydrogen (secondary N) is 1. The van der Waals surface area contributed by atoms with Crippen LogP contribution in [0.3, 0.4) is 0 Å². The molecule has 106 valence electrons. The number of rotatable bonds is 2. The lowest BCUT2D eigenvalue weighted by atomic mass is 10.00. The van der Waals surface area contributed by atoms with Gasteiger partial charge in [-0.05, 0) is 12.1 Å². The standard InChI is InChI=1S/C18H11NO3/c20-17-9-13(12-6-2-4-8-16(12)22-17)18(21)14-10-19-15-7-3-1-5-11(14)15/h1-10,19H. The smallest absolute Gasteiger partial charge is 0.336 e. The summed E-state index contributed by atoms with van der Waals surface area (Å²) < 4.78 is 5.14. The molecule has 0 fully saturated rings. The van der Waals surface area contributed by atoms with Gasteiger partial charge in [0, 0.05) is 39.7 Å². The van der Waals surface area contributed by atoms with Gasteiger partial charge in [0.25, 0.3) is 0 Å². The average molecular weight is 289 g/mol. The number of carbonyl (C=O) groups excluding carboxylic acids is 1. The Kier molecular flexibility index (Phi) is 2.69. The number of aromatic nitrogens is 1. The molecule has 0 aliphatic heterocycles. The summed E-state index contributed by atoms with van der Waals surface area (Å²) in [6, 6.07) is 15.9. The molecule has 22 heavy (non-hydrogen) atoms. The third kappa shape index (κ3) is 1.85. The van der Waals surface area contributed by atoms with Crippen molar-refractivity contribution >= 4 is 27.7 Å². The Hall–Kier alpha value is -3.14. The van der Waals surface area contributed by atoms with Crippen LogP contribution in [0.4, 0.5) is 0 Å². The van der Waals surface area contributed by atoms with E-state index < -0.39 is 5.63 Å². The molecule has 1 N–H and O–H groups in total. The number of ketones is 1. The normalized spacial score (nSPS) is 11.1. The van der Waals surface area contributed by atoms with E-state index in [0.29, 0.717) is 22.1 Å². The summed E-state index contributed by atoms with van der Waals surface area (Å²) >= 11 is 0. The monoisotopic (exact) mass is 289 g/mol. The molecule has 0 bridgehead atoms. The highest BCUT2D eigenvalue weighted by Gasteiger charge is 2.18. The summed E-state index contributed by atoms with van der Waals surface area (Å²) in [5, 5.41) is 1.47. The van der Waals surface area contributed by atoms with Crippen molar-refractivity contribution in [3.8, 4) is 0 Å². The van der Waals surface area contributed by atoms with Crippen molar-refractivity contribution in [1.29, 1.82) is 0 Å². The molecule has 4 aromatic rings. The van der Waals surface area contributed by atoms with Gasteiger partial charge in [-0.3, -0.25) is 4.79 Å². The van der Waals surface area contributed by atoms with Crippen LogP contribution in [0.15, 0.2) is 70.0 Å². The second-order valence-corrected chi connectivity index (χ2v) is 5.05. The number of hydrogen-bond acceptors (Lipinski definition) is 3. The van der Waals surface area contributed by atoms with Gasteiger partial charge >= 0.3 is 5.63 Å². The van der Waals surface area contributed by atoms with Crippen molar-refractivity contribution in [3.05, 3.63) is 82.3 Å². The van der Waals surface area contributed by atoms with Gasteiger partial charge in [-0.2, -0.15) is 0 Å². The Bertz CT molecular complexity index is 1070. The molecule has 2 aromatic heterocycles. The summed E-state index contributed by atoms with van der Waals surface area (Å²) in [6.07, 6.45) is 1.68.